The summed E-state index contributed by atoms with van der Waals surface area (Å²) in [6.45, 7) is 16.1. The van der Waals surface area contributed by atoms with E-state index in [4.69, 9.17) is 23.4 Å². The summed E-state index contributed by atoms with van der Waals surface area (Å²) in [6, 6.07) is 0. The molecule has 0 atom stereocenters. The van der Waals surface area contributed by atoms with E-state index in [-0.39, 0.29) is 0 Å². The molecule has 16 heteroatoms. The van der Waals surface area contributed by atoms with Gasteiger partial charge >= 0.3 is 0 Å². The van der Waals surface area contributed by atoms with Crippen molar-refractivity contribution >= 4 is 0 Å². The van der Waals surface area contributed by atoms with Crippen LogP contribution in [-0.2, 0) is 51.4 Å². The molecule has 0 aromatic carbocycles. The molecule has 16 nitrogen and oxygen atoms in total. The Labute approximate surface area is 236 Å². The molecule has 0 bridgehead atoms. The van der Waals surface area contributed by atoms with E-state index in [2.05, 4.69) is 40.8 Å². The molecule has 224 valence electrons. The topological polar surface area (TPSA) is 227 Å². The molecule has 0 saturated heterocycles. The average Bonchev–Trinajstić information content (AvgIpc) is 3.74. The number of aromatic nitrogens is 12. The van der Waals surface area contributed by atoms with Crippen LogP contribution in [0.2, 0.25) is 0 Å². The summed E-state index contributed by atoms with van der Waals surface area (Å²) in [7, 11) is 0. The molecule has 0 spiro atoms. The van der Waals surface area contributed by atoms with Gasteiger partial charge in [-0.3, -0.25) is 0 Å². The van der Waals surface area contributed by atoms with Crippen LogP contribution in [0.3, 0.4) is 0 Å². The highest BCUT2D eigenvalue weighted by Crippen LogP contribution is 1.99. The van der Waals surface area contributed by atoms with Crippen LogP contribution in [0.5, 0.6) is 0 Å². The van der Waals surface area contributed by atoms with Gasteiger partial charge in [0.15, 0.2) is 46.6 Å². The van der Waals surface area contributed by atoms with Crippen molar-refractivity contribution < 1.29 is 0 Å². The highest BCUT2D eigenvalue weighted by Gasteiger charge is 2.06. The van der Waals surface area contributed by atoms with Gasteiger partial charge in [0.2, 0.25) is 0 Å². The number of hydrogen-bond acceptors (Lipinski definition) is 12. The highest BCUT2D eigenvalue weighted by atomic mass is 15.4. The van der Waals surface area contributed by atoms with Crippen LogP contribution in [0.15, 0.2) is 0 Å². The molecule has 40 heavy (non-hydrogen) atoms. The summed E-state index contributed by atoms with van der Waals surface area (Å²) >= 11 is 0. The van der Waals surface area contributed by atoms with Gasteiger partial charge < -0.3 is 23.4 Å². The fraction of sp³-hybridized carbons (Fsp3) is 0.667. The lowest BCUT2D eigenvalue weighted by molar-refractivity contribution is 0.809. The molecular formula is C24H48N16. The van der Waals surface area contributed by atoms with Crippen LogP contribution in [-0.4, -0.2) is 59.5 Å². The van der Waals surface area contributed by atoms with Crippen molar-refractivity contribution in [3.05, 3.63) is 46.6 Å². The zero-order chi connectivity index (χ0) is 30.2. The minimum absolute atomic E-state index is 0.837. The van der Waals surface area contributed by atoms with Crippen molar-refractivity contribution in [1.29, 1.82) is 0 Å². The zero-order valence-corrected chi connectivity index (χ0v) is 25.3. The number of hydrogen-bond donors (Lipinski definition) is 4. The molecule has 0 aliphatic carbocycles. The van der Waals surface area contributed by atoms with Gasteiger partial charge in [-0.2, -0.15) is 0 Å². The smallest absolute Gasteiger partial charge is 0.151 e. The van der Waals surface area contributed by atoms with E-state index in [1.165, 1.54) is 0 Å². The summed E-state index contributed by atoms with van der Waals surface area (Å²) in [4.78, 5) is 0. The Morgan fingerprint density at radius 3 is 0.450 bits per heavy atom. The second-order valence-electron chi connectivity index (χ2n) is 8.44. The minimum atomic E-state index is 0.837. The molecule has 4 rings (SSSR count). The van der Waals surface area contributed by atoms with Crippen molar-refractivity contribution in [1.82, 2.24) is 59.5 Å². The van der Waals surface area contributed by atoms with Gasteiger partial charge in [0, 0.05) is 51.4 Å². The van der Waals surface area contributed by atoms with E-state index < -0.39 is 0 Å². The van der Waals surface area contributed by atoms with Crippen molar-refractivity contribution in [2.45, 2.75) is 107 Å². The van der Waals surface area contributed by atoms with E-state index in [0.717, 1.165) is 98.0 Å². The molecule has 4 heterocycles. The monoisotopic (exact) mass is 560 g/mol. The first-order chi connectivity index (χ1) is 19.2. The summed E-state index contributed by atoms with van der Waals surface area (Å²) < 4.78 is 6.22. The summed E-state index contributed by atoms with van der Waals surface area (Å²) in [5.41, 5.74) is 0. The molecule has 0 amide bonds. The fourth-order valence-corrected chi connectivity index (χ4v) is 3.37. The Bertz CT molecular complexity index is 969. The Morgan fingerprint density at radius 1 is 0.300 bits per heavy atom. The zero-order valence-electron chi connectivity index (χ0n) is 25.3. The van der Waals surface area contributed by atoms with E-state index in [0.29, 0.717) is 0 Å². The number of nitrogens with zero attached hydrogens (tertiary/aromatic N) is 12. The van der Waals surface area contributed by atoms with E-state index in [1.807, 2.05) is 55.4 Å². The van der Waals surface area contributed by atoms with E-state index in [9.17, 15) is 0 Å². The molecule has 0 aliphatic heterocycles. The van der Waals surface area contributed by atoms with Crippen LogP contribution >= 0.6 is 0 Å². The summed E-state index contributed by atoms with van der Waals surface area (Å²) in [6.07, 6.45) is 6.69. The summed E-state index contributed by atoms with van der Waals surface area (Å²) in [5.74, 6) is 29.2. The third kappa shape index (κ3) is 8.91. The second kappa shape index (κ2) is 17.4. The predicted molar refractivity (Wildman–Crippen MR) is 156 cm³/mol. The van der Waals surface area contributed by atoms with Gasteiger partial charge in [-0.25, -0.2) is 18.7 Å². The van der Waals surface area contributed by atoms with Crippen molar-refractivity contribution in [2.24, 2.45) is 0 Å². The van der Waals surface area contributed by atoms with Crippen LogP contribution in [0.25, 0.3) is 0 Å². The maximum Gasteiger partial charge on any atom is 0.151 e. The van der Waals surface area contributed by atoms with E-state index in [1.54, 1.807) is 18.7 Å². The maximum atomic E-state index is 5.62. The first-order valence-corrected chi connectivity index (χ1v) is 13.9. The molecule has 0 aliphatic rings. The Kier molecular flexibility index (Phi) is 14.7. The first kappa shape index (κ1) is 33.8. The van der Waals surface area contributed by atoms with Gasteiger partial charge in [-0.1, -0.05) is 55.4 Å². The van der Waals surface area contributed by atoms with Crippen LogP contribution < -0.4 is 23.4 Å². The summed E-state index contributed by atoms with van der Waals surface area (Å²) in [5, 5.41) is 31.1. The lowest BCUT2D eigenvalue weighted by Gasteiger charge is -1.97. The third-order valence-corrected chi connectivity index (χ3v) is 5.88. The Balaban J connectivity index is 0.000000267. The van der Waals surface area contributed by atoms with Crippen molar-refractivity contribution in [2.75, 3.05) is 23.4 Å². The Morgan fingerprint density at radius 2 is 0.400 bits per heavy atom. The van der Waals surface area contributed by atoms with Gasteiger partial charge in [-0.15, -0.1) is 40.8 Å². The molecule has 4 aromatic rings. The molecule has 0 radical (unpaired) electrons. The molecule has 0 fully saturated rings. The number of aryl methyl sites for hydroxylation is 8. The highest BCUT2D eigenvalue weighted by molar-refractivity contribution is 4.97. The predicted octanol–water partition coefficient (Wildman–Crippen LogP) is 0.467. The molecule has 0 saturated carbocycles. The van der Waals surface area contributed by atoms with Crippen LogP contribution in [0.1, 0.15) is 102 Å². The van der Waals surface area contributed by atoms with Crippen molar-refractivity contribution in [3.63, 3.8) is 0 Å². The fourth-order valence-electron chi connectivity index (χ4n) is 3.37. The first-order valence-electron chi connectivity index (χ1n) is 13.9. The number of rotatable bonds is 8. The lowest BCUT2D eigenvalue weighted by atomic mass is 10.4. The second-order valence-corrected chi connectivity index (χ2v) is 8.44. The largest absolute Gasteiger partial charge is 0.336 e. The number of nitrogens with two attached hydrogens (primary N) is 4. The average molecular weight is 561 g/mol. The molecular weight excluding hydrogens is 512 g/mol. The molecule has 0 unspecified atom stereocenters. The SMILES string of the molecule is CCc1nnc(CC)n1N.CCc1nnc(CC)n1N.CCc1nnc(CC)n1N.CCc1nnc(CC)n1N. The standard InChI is InChI=1S/4C6H12N4/c4*1-3-5-8-9-6(4-2)10(5)7/h4*3-4,7H2,1-2H3. The number of nitrogen functional groups attached to an aromatic ring is 4. The van der Waals surface area contributed by atoms with Crippen LogP contribution in [0.4, 0.5) is 0 Å². The molecule has 4 aromatic heterocycles. The molecule has 8 N–H and O–H groups in total. The lowest BCUT2D eigenvalue weighted by Crippen LogP contribution is -2.15. The van der Waals surface area contributed by atoms with Crippen molar-refractivity contribution in [3.8, 4) is 0 Å². The quantitative estimate of drug-likeness (QED) is 0.216. The normalized spacial score (nSPS) is 10.2. The van der Waals surface area contributed by atoms with Gasteiger partial charge in [0.25, 0.3) is 0 Å². The van der Waals surface area contributed by atoms with Gasteiger partial charge in [0.05, 0.1) is 0 Å². The van der Waals surface area contributed by atoms with E-state index >= 15 is 0 Å². The van der Waals surface area contributed by atoms with Crippen LogP contribution in [0, 0.1) is 0 Å². The maximum absolute atomic E-state index is 5.62. The van der Waals surface area contributed by atoms with Gasteiger partial charge in [-0.05, 0) is 0 Å². The minimum Gasteiger partial charge on any atom is -0.336 e. The third-order valence-electron chi connectivity index (χ3n) is 5.88. The van der Waals surface area contributed by atoms with Gasteiger partial charge in [0.1, 0.15) is 0 Å². The Hall–Kier alpha value is -4.24.